The lowest BCUT2D eigenvalue weighted by Crippen LogP contribution is -2.33. The summed E-state index contributed by atoms with van der Waals surface area (Å²) in [5.74, 6) is 0. The van der Waals surface area contributed by atoms with Crippen molar-refractivity contribution < 1.29 is 5.11 Å². The molecule has 0 saturated heterocycles. The van der Waals surface area contributed by atoms with Gasteiger partial charge in [-0.15, -0.1) is 11.8 Å². The van der Waals surface area contributed by atoms with Crippen molar-refractivity contribution in [1.82, 2.24) is 0 Å². The monoisotopic (exact) mass is 311 g/mol. The van der Waals surface area contributed by atoms with Crippen molar-refractivity contribution in [3.05, 3.63) is 76.3 Å². The summed E-state index contributed by atoms with van der Waals surface area (Å²) in [6.45, 7) is 4.73. The van der Waals surface area contributed by atoms with E-state index in [-0.39, 0.29) is 0 Å². The van der Waals surface area contributed by atoms with E-state index in [9.17, 15) is 5.11 Å². The molecular formula is C19H21NOS. The minimum absolute atomic E-state index is 0.558. The van der Waals surface area contributed by atoms with Gasteiger partial charge in [0.1, 0.15) is 5.60 Å². The maximum absolute atomic E-state index is 11.4. The maximum atomic E-state index is 11.4. The molecule has 1 heterocycles. The Morgan fingerprint density at radius 3 is 2.23 bits per heavy atom. The van der Waals surface area contributed by atoms with Crippen LogP contribution < -0.4 is 4.90 Å². The minimum Gasteiger partial charge on any atom is -0.378 e. The third-order valence-corrected chi connectivity index (χ3v) is 5.34. The SMILES string of the molecule is CSC1=C(C)N(c2ccc(C)cc2)CC1(O)c1ccccc1. The highest BCUT2D eigenvalue weighted by Crippen LogP contribution is 2.46. The van der Waals surface area contributed by atoms with E-state index in [1.807, 2.05) is 36.6 Å². The molecule has 22 heavy (non-hydrogen) atoms. The lowest BCUT2D eigenvalue weighted by molar-refractivity contribution is 0.103. The molecule has 2 aromatic rings. The van der Waals surface area contributed by atoms with Gasteiger partial charge in [0.15, 0.2) is 0 Å². The molecule has 1 atom stereocenters. The average Bonchev–Trinajstić information content (AvgIpc) is 2.81. The number of thioether (sulfide) groups is 1. The zero-order valence-corrected chi connectivity index (χ0v) is 14.0. The molecule has 0 bridgehead atoms. The summed E-state index contributed by atoms with van der Waals surface area (Å²) in [6.07, 6.45) is 2.03. The number of β-amino-alcohol motifs (C(OH)–C–C–N with tert-alkyl or cyclic N) is 1. The Morgan fingerprint density at radius 2 is 1.64 bits per heavy atom. The van der Waals surface area contributed by atoms with Gasteiger partial charge in [0.2, 0.25) is 0 Å². The van der Waals surface area contributed by atoms with E-state index < -0.39 is 5.60 Å². The van der Waals surface area contributed by atoms with Crippen LogP contribution in [0, 0.1) is 6.92 Å². The molecule has 0 aliphatic carbocycles. The van der Waals surface area contributed by atoms with Gasteiger partial charge in [0.25, 0.3) is 0 Å². The van der Waals surface area contributed by atoms with E-state index >= 15 is 0 Å². The van der Waals surface area contributed by atoms with Gasteiger partial charge in [-0.2, -0.15) is 0 Å². The minimum atomic E-state index is -0.935. The fourth-order valence-electron chi connectivity index (χ4n) is 3.10. The van der Waals surface area contributed by atoms with E-state index in [1.165, 1.54) is 5.56 Å². The number of anilines is 1. The Hall–Kier alpha value is -1.71. The lowest BCUT2D eigenvalue weighted by Gasteiger charge is -2.27. The highest BCUT2D eigenvalue weighted by molar-refractivity contribution is 8.02. The molecule has 2 nitrogen and oxygen atoms in total. The largest absolute Gasteiger partial charge is 0.378 e. The van der Waals surface area contributed by atoms with E-state index in [0.29, 0.717) is 6.54 Å². The highest BCUT2D eigenvalue weighted by Gasteiger charge is 2.43. The number of aliphatic hydroxyl groups is 1. The zero-order chi connectivity index (χ0) is 15.7. The average molecular weight is 311 g/mol. The number of allylic oxidation sites excluding steroid dienone is 1. The number of rotatable bonds is 3. The number of benzene rings is 2. The van der Waals surface area contributed by atoms with Crippen LogP contribution in [0.3, 0.4) is 0 Å². The van der Waals surface area contributed by atoms with Crippen LogP contribution in [0.4, 0.5) is 5.69 Å². The molecule has 2 aromatic carbocycles. The normalized spacial score (nSPS) is 21.5. The van der Waals surface area contributed by atoms with Crippen LogP contribution in [0.15, 0.2) is 65.2 Å². The number of hydrogen-bond donors (Lipinski definition) is 1. The van der Waals surface area contributed by atoms with Crippen molar-refractivity contribution in [3.63, 3.8) is 0 Å². The first kappa shape index (κ1) is 15.2. The van der Waals surface area contributed by atoms with E-state index in [2.05, 4.69) is 43.0 Å². The summed E-state index contributed by atoms with van der Waals surface area (Å²) in [4.78, 5) is 3.23. The van der Waals surface area contributed by atoms with Crippen molar-refractivity contribution in [2.24, 2.45) is 0 Å². The van der Waals surface area contributed by atoms with Crippen molar-refractivity contribution in [1.29, 1.82) is 0 Å². The van der Waals surface area contributed by atoms with Gasteiger partial charge in [-0.3, -0.25) is 0 Å². The summed E-state index contributed by atoms with van der Waals surface area (Å²) in [7, 11) is 0. The summed E-state index contributed by atoms with van der Waals surface area (Å²) >= 11 is 1.63. The fraction of sp³-hybridized carbons (Fsp3) is 0.263. The highest BCUT2D eigenvalue weighted by atomic mass is 32.2. The Morgan fingerprint density at radius 1 is 1.00 bits per heavy atom. The van der Waals surface area contributed by atoms with E-state index in [1.54, 1.807) is 11.8 Å². The molecule has 0 radical (unpaired) electrons. The van der Waals surface area contributed by atoms with Crippen LogP contribution in [-0.2, 0) is 5.60 Å². The van der Waals surface area contributed by atoms with Crippen molar-refractivity contribution >= 4 is 17.4 Å². The van der Waals surface area contributed by atoms with Gasteiger partial charge < -0.3 is 10.0 Å². The molecule has 0 saturated carbocycles. The third kappa shape index (κ3) is 2.44. The molecule has 0 fully saturated rings. The topological polar surface area (TPSA) is 23.5 Å². The van der Waals surface area contributed by atoms with Gasteiger partial charge in [-0.1, -0.05) is 48.0 Å². The van der Waals surface area contributed by atoms with Crippen LogP contribution in [0.25, 0.3) is 0 Å². The molecule has 0 aromatic heterocycles. The van der Waals surface area contributed by atoms with Crippen LogP contribution >= 0.6 is 11.8 Å². The molecule has 1 aliphatic heterocycles. The number of aryl methyl sites for hydroxylation is 1. The first-order valence-corrected chi connectivity index (χ1v) is 8.66. The van der Waals surface area contributed by atoms with Crippen molar-refractivity contribution in [2.75, 3.05) is 17.7 Å². The first-order valence-electron chi connectivity index (χ1n) is 7.44. The van der Waals surface area contributed by atoms with Gasteiger partial charge in [0.05, 0.1) is 6.54 Å². The molecule has 0 amide bonds. The van der Waals surface area contributed by atoms with Crippen LogP contribution in [0.1, 0.15) is 18.1 Å². The fourth-order valence-corrected chi connectivity index (χ4v) is 4.03. The predicted molar refractivity (Wildman–Crippen MR) is 95.1 cm³/mol. The molecular weight excluding hydrogens is 290 g/mol. The summed E-state index contributed by atoms with van der Waals surface area (Å²) < 4.78 is 0. The smallest absolute Gasteiger partial charge is 0.140 e. The van der Waals surface area contributed by atoms with Crippen LogP contribution in [0.5, 0.6) is 0 Å². The lowest BCUT2D eigenvalue weighted by atomic mass is 9.94. The van der Waals surface area contributed by atoms with Crippen LogP contribution in [0.2, 0.25) is 0 Å². The molecule has 1 aliphatic rings. The molecule has 1 N–H and O–H groups in total. The van der Waals surface area contributed by atoms with Gasteiger partial charge in [-0.25, -0.2) is 0 Å². The second kappa shape index (κ2) is 5.82. The third-order valence-electron chi connectivity index (χ3n) is 4.30. The standard InChI is InChI=1S/C19H21NOS/c1-14-9-11-17(12-10-14)20-13-19(21,18(22-3)15(20)2)16-7-5-4-6-8-16/h4-12,21H,13H2,1-3H3. The molecule has 0 spiro atoms. The Balaban J connectivity index is 2.04. The molecule has 114 valence electrons. The molecule has 3 rings (SSSR count). The second-order valence-electron chi connectivity index (χ2n) is 5.77. The Labute approximate surface area is 136 Å². The van der Waals surface area contributed by atoms with Gasteiger partial charge in [0, 0.05) is 16.3 Å². The number of hydrogen-bond acceptors (Lipinski definition) is 3. The first-order chi connectivity index (χ1) is 10.6. The zero-order valence-electron chi connectivity index (χ0n) is 13.2. The second-order valence-corrected chi connectivity index (χ2v) is 6.58. The van der Waals surface area contributed by atoms with E-state index in [0.717, 1.165) is 21.9 Å². The molecule has 1 unspecified atom stereocenters. The van der Waals surface area contributed by atoms with Crippen molar-refractivity contribution in [2.45, 2.75) is 19.4 Å². The Bertz CT molecular complexity index is 693. The molecule has 3 heteroatoms. The quantitative estimate of drug-likeness (QED) is 0.914. The van der Waals surface area contributed by atoms with Gasteiger partial charge >= 0.3 is 0 Å². The van der Waals surface area contributed by atoms with Crippen molar-refractivity contribution in [3.8, 4) is 0 Å². The number of nitrogens with zero attached hydrogens (tertiary/aromatic N) is 1. The van der Waals surface area contributed by atoms with Gasteiger partial charge in [-0.05, 0) is 37.8 Å². The van der Waals surface area contributed by atoms with Crippen LogP contribution in [-0.4, -0.2) is 17.9 Å². The summed E-state index contributed by atoms with van der Waals surface area (Å²) in [5, 5.41) is 11.4. The maximum Gasteiger partial charge on any atom is 0.140 e. The summed E-state index contributed by atoms with van der Waals surface area (Å²) in [6, 6.07) is 18.4. The summed E-state index contributed by atoms with van der Waals surface area (Å²) in [5.41, 5.74) is 3.51. The predicted octanol–water partition coefficient (Wildman–Crippen LogP) is 4.30. The Kier molecular flexibility index (Phi) is 4.02. The van der Waals surface area contributed by atoms with E-state index in [4.69, 9.17) is 0 Å².